The van der Waals surface area contributed by atoms with Gasteiger partial charge in [0.1, 0.15) is 12.4 Å². The third kappa shape index (κ3) is 4.69. The van der Waals surface area contributed by atoms with Gasteiger partial charge in [-0.1, -0.05) is 12.5 Å². The van der Waals surface area contributed by atoms with Crippen LogP contribution in [-0.2, 0) is 9.53 Å². The first-order chi connectivity index (χ1) is 11.2. The van der Waals surface area contributed by atoms with Crippen LogP contribution in [0.15, 0.2) is 24.3 Å². The first kappa shape index (κ1) is 16.3. The van der Waals surface area contributed by atoms with Gasteiger partial charge in [0.2, 0.25) is 5.91 Å². The number of amides is 1. The molecule has 1 aromatic carbocycles. The highest BCUT2D eigenvalue weighted by Crippen LogP contribution is 2.27. The number of nitrogens with one attached hydrogen (secondary N) is 1. The van der Waals surface area contributed by atoms with Gasteiger partial charge in [-0.25, -0.2) is 0 Å². The van der Waals surface area contributed by atoms with Gasteiger partial charge in [0.15, 0.2) is 0 Å². The van der Waals surface area contributed by atoms with Crippen LogP contribution in [0, 0.1) is 5.92 Å². The van der Waals surface area contributed by atoms with Gasteiger partial charge in [0.05, 0.1) is 6.10 Å². The first-order valence-electron chi connectivity index (χ1n) is 8.60. The summed E-state index contributed by atoms with van der Waals surface area (Å²) in [6, 6.07) is 7.70. The SMILES string of the molecule is N[C@@H]1CCC[C@H]1CC(=O)Nc1cccc(OCC2CCCO2)c1. The fourth-order valence-electron chi connectivity index (χ4n) is 3.40. The molecule has 1 amide bonds. The number of benzene rings is 1. The van der Waals surface area contributed by atoms with Gasteiger partial charge >= 0.3 is 0 Å². The van der Waals surface area contributed by atoms with Gasteiger partial charge in [-0.05, 0) is 43.7 Å². The molecule has 0 radical (unpaired) electrons. The van der Waals surface area contributed by atoms with E-state index in [0.29, 0.717) is 18.9 Å². The fourth-order valence-corrected chi connectivity index (χ4v) is 3.40. The van der Waals surface area contributed by atoms with Gasteiger partial charge in [-0.15, -0.1) is 0 Å². The zero-order valence-corrected chi connectivity index (χ0v) is 13.5. The van der Waals surface area contributed by atoms with Crippen LogP contribution in [0.5, 0.6) is 5.75 Å². The molecule has 0 aromatic heterocycles. The quantitative estimate of drug-likeness (QED) is 0.846. The summed E-state index contributed by atoms with van der Waals surface area (Å²) in [7, 11) is 0. The lowest BCUT2D eigenvalue weighted by Crippen LogP contribution is -2.28. The third-order valence-corrected chi connectivity index (χ3v) is 4.74. The number of carbonyl (C=O) groups is 1. The van der Waals surface area contributed by atoms with Crippen molar-refractivity contribution in [1.82, 2.24) is 0 Å². The van der Waals surface area contributed by atoms with Crippen molar-refractivity contribution >= 4 is 11.6 Å². The highest BCUT2D eigenvalue weighted by molar-refractivity contribution is 5.91. The molecule has 1 unspecified atom stereocenters. The minimum atomic E-state index is 0.0311. The number of ether oxygens (including phenoxy) is 2. The number of carbonyl (C=O) groups excluding carboxylic acids is 1. The fraction of sp³-hybridized carbons (Fsp3) is 0.611. The predicted molar refractivity (Wildman–Crippen MR) is 89.5 cm³/mol. The number of nitrogens with two attached hydrogens (primary N) is 1. The van der Waals surface area contributed by atoms with Gasteiger partial charge in [-0.2, -0.15) is 0 Å². The van der Waals surface area contributed by atoms with Gasteiger partial charge < -0.3 is 20.5 Å². The zero-order chi connectivity index (χ0) is 16.1. The highest BCUT2D eigenvalue weighted by atomic mass is 16.5. The summed E-state index contributed by atoms with van der Waals surface area (Å²) >= 11 is 0. The topological polar surface area (TPSA) is 73.6 Å². The summed E-state index contributed by atoms with van der Waals surface area (Å²) in [6.45, 7) is 1.39. The van der Waals surface area contributed by atoms with E-state index in [9.17, 15) is 4.79 Å². The van der Waals surface area contributed by atoms with Crippen molar-refractivity contribution in [3.63, 3.8) is 0 Å². The molecule has 2 fully saturated rings. The van der Waals surface area contributed by atoms with E-state index >= 15 is 0 Å². The standard InChI is InChI=1S/C18H26N2O3/c19-17-8-1-4-13(17)10-18(21)20-14-5-2-6-15(11-14)23-12-16-7-3-9-22-16/h2,5-6,11,13,16-17H,1,3-4,7-10,12,19H2,(H,20,21)/t13-,16?,17+/m0/s1. The second-order valence-corrected chi connectivity index (χ2v) is 6.58. The molecule has 1 aromatic rings. The van der Waals surface area contributed by atoms with E-state index in [-0.39, 0.29) is 18.1 Å². The van der Waals surface area contributed by atoms with Gasteiger partial charge in [-0.3, -0.25) is 4.79 Å². The van der Waals surface area contributed by atoms with E-state index in [0.717, 1.165) is 50.1 Å². The lowest BCUT2D eigenvalue weighted by atomic mass is 10.00. The Labute approximate surface area is 137 Å². The van der Waals surface area contributed by atoms with Crippen LogP contribution in [0.2, 0.25) is 0 Å². The number of anilines is 1. The van der Waals surface area contributed by atoms with Crippen molar-refractivity contribution in [1.29, 1.82) is 0 Å². The van der Waals surface area contributed by atoms with Crippen LogP contribution in [0.4, 0.5) is 5.69 Å². The van der Waals surface area contributed by atoms with E-state index < -0.39 is 0 Å². The second-order valence-electron chi connectivity index (χ2n) is 6.58. The van der Waals surface area contributed by atoms with E-state index in [1.165, 1.54) is 0 Å². The van der Waals surface area contributed by atoms with Crippen molar-refractivity contribution in [3.8, 4) is 5.75 Å². The molecule has 1 saturated heterocycles. The molecule has 1 heterocycles. The van der Waals surface area contributed by atoms with E-state index in [1.54, 1.807) is 0 Å². The number of hydrogen-bond donors (Lipinski definition) is 2. The molecule has 2 aliphatic rings. The zero-order valence-electron chi connectivity index (χ0n) is 13.5. The molecule has 5 nitrogen and oxygen atoms in total. The Kier molecular flexibility index (Phi) is 5.51. The molecule has 0 bridgehead atoms. The number of rotatable bonds is 6. The monoisotopic (exact) mass is 318 g/mol. The summed E-state index contributed by atoms with van der Waals surface area (Å²) in [5.41, 5.74) is 6.80. The summed E-state index contributed by atoms with van der Waals surface area (Å²) in [5.74, 6) is 1.11. The van der Waals surface area contributed by atoms with Crippen LogP contribution in [0.3, 0.4) is 0 Å². The third-order valence-electron chi connectivity index (χ3n) is 4.74. The average Bonchev–Trinajstić information content (AvgIpc) is 3.18. The first-order valence-corrected chi connectivity index (χ1v) is 8.60. The second kappa shape index (κ2) is 7.79. The Hall–Kier alpha value is -1.59. The molecule has 3 atom stereocenters. The summed E-state index contributed by atoms with van der Waals surface area (Å²) in [4.78, 5) is 12.2. The molecule has 1 saturated carbocycles. The molecule has 23 heavy (non-hydrogen) atoms. The van der Waals surface area contributed by atoms with E-state index in [2.05, 4.69) is 5.32 Å². The Bertz CT molecular complexity index is 529. The number of hydrogen-bond acceptors (Lipinski definition) is 4. The van der Waals surface area contributed by atoms with Crippen molar-refractivity contribution in [2.75, 3.05) is 18.5 Å². The molecule has 3 N–H and O–H groups in total. The Morgan fingerprint density at radius 3 is 2.96 bits per heavy atom. The minimum absolute atomic E-state index is 0.0311. The molecule has 3 rings (SSSR count). The lowest BCUT2D eigenvalue weighted by molar-refractivity contribution is -0.117. The van der Waals surface area contributed by atoms with Crippen LogP contribution in [0.1, 0.15) is 38.5 Å². The van der Waals surface area contributed by atoms with Gasteiger partial charge in [0, 0.05) is 30.8 Å². The maximum Gasteiger partial charge on any atom is 0.224 e. The Balaban J connectivity index is 1.49. The van der Waals surface area contributed by atoms with Crippen molar-refractivity contribution in [3.05, 3.63) is 24.3 Å². The van der Waals surface area contributed by atoms with Crippen molar-refractivity contribution in [2.45, 2.75) is 50.7 Å². The molecular formula is C18H26N2O3. The smallest absolute Gasteiger partial charge is 0.224 e. The van der Waals surface area contributed by atoms with E-state index in [1.807, 2.05) is 24.3 Å². The maximum atomic E-state index is 12.2. The largest absolute Gasteiger partial charge is 0.491 e. The molecule has 1 aliphatic heterocycles. The molecular weight excluding hydrogens is 292 g/mol. The summed E-state index contributed by atoms with van der Waals surface area (Å²) < 4.78 is 11.3. The van der Waals surface area contributed by atoms with Crippen LogP contribution in [-0.4, -0.2) is 31.3 Å². The van der Waals surface area contributed by atoms with E-state index in [4.69, 9.17) is 15.2 Å². The van der Waals surface area contributed by atoms with Crippen molar-refractivity contribution in [2.24, 2.45) is 11.7 Å². The highest BCUT2D eigenvalue weighted by Gasteiger charge is 2.26. The minimum Gasteiger partial charge on any atom is -0.491 e. The Morgan fingerprint density at radius 1 is 1.30 bits per heavy atom. The lowest BCUT2D eigenvalue weighted by Gasteiger charge is -2.15. The van der Waals surface area contributed by atoms with Crippen LogP contribution >= 0.6 is 0 Å². The average molecular weight is 318 g/mol. The normalized spacial score (nSPS) is 27.1. The molecule has 1 aliphatic carbocycles. The molecule has 0 spiro atoms. The molecule has 126 valence electrons. The van der Waals surface area contributed by atoms with Crippen molar-refractivity contribution < 1.29 is 14.3 Å². The Morgan fingerprint density at radius 2 is 2.22 bits per heavy atom. The summed E-state index contributed by atoms with van der Waals surface area (Å²) in [6.07, 6.45) is 6.07. The maximum absolute atomic E-state index is 12.2. The van der Waals surface area contributed by atoms with Crippen LogP contribution in [0.25, 0.3) is 0 Å². The predicted octanol–water partition coefficient (Wildman–Crippen LogP) is 2.70. The summed E-state index contributed by atoms with van der Waals surface area (Å²) in [5, 5.41) is 2.95. The molecule has 5 heteroatoms. The van der Waals surface area contributed by atoms with Gasteiger partial charge in [0.25, 0.3) is 0 Å². The van der Waals surface area contributed by atoms with Crippen LogP contribution < -0.4 is 15.8 Å².